The molecule has 3 rings (SSSR count). The largest absolute Gasteiger partial charge is 0.375 e. The number of rotatable bonds is 15. The van der Waals surface area contributed by atoms with Crippen LogP contribution in [0.2, 0.25) is 0 Å². The van der Waals surface area contributed by atoms with Gasteiger partial charge in [-0.25, -0.2) is 0 Å². The quantitative estimate of drug-likeness (QED) is 0.221. The van der Waals surface area contributed by atoms with Gasteiger partial charge in [-0.05, 0) is 44.9 Å². The smallest absolute Gasteiger partial charge is 0.184 e. The second kappa shape index (κ2) is 13.2. The Balaban J connectivity index is 1.44. The van der Waals surface area contributed by atoms with Gasteiger partial charge in [0.15, 0.2) is 6.29 Å². The summed E-state index contributed by atoms with van der Waals surface area (Å²) < 4.78 is 25.1. The SMILES string of the molecule is C=CCCCCCCCCCC12COC(O1)C(OCC)CC2OCC1CCCCC1. The monoisotopic (exact) mass is 422 g/mol. The van der Waals surface area contributed by atoms with Crippen LogP contribution in [-0.4, -0.2) is 43.9 Å². The molecule has 0 N–H and O–H groups in total. The van der Waals surface area contributed by atoms with Crippen molar-refractivity contribution >= 4 is 0 Å². The van der Waals surface area contributed by atoms with Crippen molar-refractivity contribution in [3.63, 3.8) is 0 Å². The molecule has 0 aromatic carbocycles. The first-order chi connectivity index (χ1) is 14.8. The van der Waals surface area contributed by atoms with Crippen LogP contribution in [0.25, 0.3) is 0 Å². The molecule has 174 valence electrons. The zero-order valence-electron chi connectivity index (χ0n) is 19.5. The number of unbranched alkanes of at least 4 members (excludes halogenated alkanes) is 7. The topological polar surface area (TPSA) is 36.9 Å². The molecule has 0 amide bonds. The van der Waals surface area contributed by atoms with Crippen molar-refractivity contribution in [2.24, 2.45) is 5.92 Å². The highest BCUT2D eigenvalue weighted by Gasteiger charge is 2.55. The molecule has 2 heterocycles. The summed E-state index contributed by atoms with van der Waals surface area (Å²) in [6, 6.07) is 0. The summed E-state index contributed by atoms with van der Waals surface area (Å²) in [5, 5.41) is 0. The van der Waals surface area contributed by atoms with Crippen molar-refractivity contribution in [3.8, 4) is 0 Å². The Labute approximate surface area is 185 Å². The molecule has 0 aromatic heterocycles. The molecule has 4 unspecified atom stereocenters. The van der Waals surface area contributed by atoms with Crippen molar-refractivity contribution in [2.75, 3.05) is 19.8 Å². The molecule has 2 saturated heterocycles. The number of hydrogen-bond donors (Lipinski definition) is 0. The summed E-state index contributed by atoms with van der Waals surface area (Å²) in [5.41, 5.74) is -0.253. The Morgan fingerprint density at radius 3 is 2.43 bits per heavy atom. The van der Waals surface area contributed by atoms with Crippen LogP contribution in [0.4, 0.5) is 0 Å². The summed E-state index contributed by atoms with van der Waals surface area (Å²) in [5.74, 6) is 0.725. The summed E-state index contributed by atoms with van der Waals surface area (Å²) >= 11 is 0. The van der Waals surface area contributed by atoms with E-state index in [9.17, 15) is 0 Å². The van der Waals surface area contributed by atoms with Gasteiger partial charge in [-0.1, -0.05) is 63.9 Å². The molecule has 3 aliphatic rings. The van der Waals surface area contributed by atoms with E-state index in [4.69, 9.17) is 18.9 Å². The lowest BCUT2D eigenvalue weighted by molar-refractivity contribution is -0.240. The minimum absolute atomic E-state index is 0.0116. The lowest BCUT2D eigenvalue weighted by atomic mass is 9.85. The van der Waals surface area contributed by atoms with Gasteiger partial charge in [0, 0.05) is 19.6 Å². The Morgan fingerprint density at radius 1 is 0.967 bits per heavy atom. The highest BCUT2D eigenvalue weighted by Crippen LogP contribution is 2.43. The third-order valence-corrected chi connectivity index (χ3v) is 7.33. The minimum atomic E-state index is -0.253. The average molecular weight is 423 g/mol. The van der Waals surface area contributed by atoms with E-state index >= 15 is 0 Å². The van der Waals surface area contributed by atoms with E-state index in [2.05, 4.69) is 6.58 Å². The molecule has 30 heavy (non-hydrogen) atoms. The third-order valence-electron chi connectivity index (χ3n) is 7.33. The van der Waals surface area contributed by atoms with Crippen LogP contribution in [0.5, 0.6) is 0 Å². The van der Waals surface area contributed by atoms with Gasteiger partial charge in [0.05, 0.1) is 12.7 Å². The molecule has 1 saturated carbocycles. The summed E-state index contributed by atoms with van der Waals surface area (Å²) in [4.78, 5) is 0. The number of fused-ring (bicyclic) bond motifs is 2. The molecule has 4 nitrogen and oxygen atoms in total. The first kappa shape index (κ1) is 24.2. The Bertz CT molecular complexity index is 476. The van der Waals surface area contributed by atoms with E-state index in [0.29, 0.717) is 13.2 Å². The standard InChI is InChI=1S/C26H46O4/c1-3-5-6-7-8-9-10-11-15-18-26-21-29-25(30-26)23(27-4-2)19-24(26)28-20-22-16-13-12-14-17-22/h3,22-25H,1,4-21H2,2H3. The van der Waals surface area contributed by atoms with Gasteiger partial charge in [0.1, 0.15) is 11.7 Å². The molecule has 4 heteroatoms. The van der Waals surface area contributed by atoms with Crippen molar-refractivity contribution < 1.29 is 18.9 Å². The van der Waals surface area contributed by atoms with Crippen molar-refractivity contribution in [2.45, 2.75) is 127 Å². The molecule has 2 aliphatic heterocycles. The van der Waals surface area contributed by atoms with Crippen LogP contribution in [0, 0.1) is 5.92 Å². The highest BCUT2D eigenvalue weighted by atomic mass is 16.8. The maximum atomic E-state index is 6.57. The number of ether oxygens (including phenoxy) is 4. The van der Waals surface area contributed by atoms with Gasteiger partial charge in [0.25, 0.3) is 0 Å². The molecule has 3 fully saturated rings. The van der Waals surface area contributed by atoms with Crippen molar-refractivity contribution in [1.29, 1.82) is 0 Å². The molecular formula is C26H46O4. The van der Waals surface area contributed by atoms with E-state index in [0.717, 1.165) is 31.8 Å². The summed E-state index contributed by atoms with van der Waals surface area (Å²) in [6.45, 7) is 8.09. The first-order valence-corrected chi connectivity index (χ1v) is 12.9. The van der Waals surface area contributed by atoms with Crippen LogP contribution in [0.3, 0.4) is 0 Å². The van der Waals surface area contributed by atoms with E-state index in [1.54, 1.807) is 0 Å². The predicted octanol–water partition coefficient (Wildman–Crippen LogP) is 6.57. The lowest BCUT2D eigenvalue weighted by Gasteiger charge is -2.42. The summed E-state index contributed by atoms with van der Waals surface area (Å²) in [7, 11) is 0. The fourth-order valence-electron chi connectivity index (χ4n) is 5.49. The number of hydrogen-bond acceptors (Lipinski definition) is 4. The predicted molar refractivity (Wildman–Crippen MR) is 122 cm³/mol. The van der Waals surface area contributed by atoms with Crippen molar-refractivity contribution in [3.05, 3.63) is 12.7 Å². The second-order valence-electron chi connectivity index (χ2n) is 9.72. The lowest BCUT2D eigenvalue weighted by Crippen LogP contribution is -2.54. The zero-order valence-corrected chi connectivity index (χ0v) is 19.5. The Morgan fingerprint density at radius 2 is 1.70 bits per heavy atom. The zero-order chi connectivity index (χ0) is 21.1. The number of allylic oxidation sites excluding steroid dienone is 1. The molecule has 1 aliphatic carbocycles. The fraction of sp³-hybridized carbons (Fsp3) is 0.923. The van der Waals surface area contributed by atoms with Crippen LogP contribution < -0.4 is 0 Å². The summed E-state index contributed by atoms with van der Waals surface area (Å²) in [6.07, 6.45) is 20.9. The minimum Gasteiger partial charge on any atom is -0.375 e. The van der Waals surface area contributed by atoms with Crippen LogP contribution >= 0.6 is 0 Å². The second-order valence-corrected chi connectivity index (χ2v) is 9.72. The van der Waals surface area contributed by atoms with Gasteiger partial charge in [-0.15, -0.1) is 6.58 Å². The molecule has 0 aromatic rings. The average Bonchev–Trinajstić information content (AvgIpc) is 3.15. The third kappa shape index (κ3) is 7.05. The van der Waals surface area contributed by atoms with Gasteiger partial charge in [0.2, 0.25) is 0 Å². The van der Waals surface area contributed by atoms with Gasteiger partial charge in [-0.2, -0.15) is 0 Å². The Hall–Kier alpha value is -0.420. The maximum Gasteiger partial charge on any atom is 0.184 e. The van der Waals surface area contributed by atoms with Crippen molar-refractivity contribution in [1.82, 2.24) is 0 Å². The van der Waals surface area contributed by atoms with Crippen LogP contribution in [-0.2, 0) is 18.9 Å². The molecule has 4 atom stereocenters. The van der Waals surface area contributed by atoms with Crippen LogP contribution in [0.15, 0.2) is 12.7 Å². The van der Waals surface area contributed by atoms with Gasteiger partial charge in [-0.3, -0.25) is 0 Å². The fourth-order valence-corrected chi connectivity index (χ4v) is 5.49. The van der Waals surface area contributed by atoms with E-state index in [-0.39, 0.29) is 24.1 Å². The first-order valence-electron chi connectivity index (χ1n) is 12.9. The Kier molecular flexibility index (Phi) is 10.7. The van der Waals surface area contributed by atoms with E-state index in [1.807, 2.05) is 13.0 Å². The van der Waals surface area contributed by atoms with Gasteiger partial charge >= 0.3 is 0 Å². The highest BCUT2D eigenvalue weighted by molar-refractivity contribution is 5.00. The van der Waals surface area contributed by atoms with Gasteiger partial charge < -0.3 is 18.9 Å². The van der Waals surface area contributed by atoms with E-state index < -0.39 is 0 Å². The maximum absolute atomic E-state index is 6.57. The molecule has 0 spiro atoms. The van der Waals surface area contributed by atoms with Crippen LogP contribution in [0.1, 0.15) is 103 Å². The molecule has 0 radical (unpaired) electrons. The normalized spacial score (nSPS) is 31.8. The molecular weight excluding hydrogens is 376 g/mol. The molecule has 2 bridgehead atoms. The van der Waals surface area contributed by atoms with E-state index in [1.165, 1.54) is 77.0 Å².